The topological polar surface area (TPSA) is 9.23 Å². The molecule has 0 aromatic heterocycles. The van der Waals surface area contributed by atoms with Crippen LogP contribution in [0, 0.1) is 11.6 Å². The van der Waals surface area contributed by atoms with Crippen LogP contribution in [0.15, 0.2) is 30.3 Å². The molecule has 0 saturated heterocycles. The van der Waals surface area contributed by atoms with E-state index in [1.807, 2.05) is 6.07 Å². The molecule has 3 rings (SSSR count). The van der Waals surface area contributed by atoms with Crippen LogP contribution in [0.4, 0.5) is 8.78 Å². The Bertz CT molecular complexity index is 605. The van der Waals surface area contributed by atoms with E-state index in [0.29, 0.717) is 17.5 Å². The third-order valence-corrected chi connectivity index (χ3v) is 3.19. The van der Waals surface area contributed by atoms with Crippen molar-refractivity contribution in [2.24, 2.45) is 0 Å². The first-order valence-electron chi connectivity index (χ1n) is 5.35. The molecule has 0 bridgehead atoms. The van der Waals surface area contributed by atoms with Crippen LogP contribution in [0.2, 0.25) is 0 Å². The van der Waals surface area contributed by atoms with E-state index < -0.39 is 0 Å². The summed E-state index contributed by atoms with van der Waals surface area (Å²) in [5.74, 6) is -0.463. The van der Waals surface area contributed by atoms with E-state index in [-0.39, 0.29) is 17.4 Å². The lowest BCUT2D eigenvalue weighted by molar-refractivity contribution is 0.385. The van der Waals surface area contributed by atoms with E-state index in [0.717, 1.165) is 11.1 Å². The van der Waals surface area contributed by atoms with E-state index in [1.165, 1.54) is 13.2 Å². The zero-order valence-corrected chi connectivity index (χ0v) is 9.26. The number of ether oxygens (including phenoxy) is 1. The summed E-state index contributed by atoms with van der Waals surface area (Å²) in [5, 5.41) is 0. The molecule has 0 fully saturated rings. The van der Waals surface area contributed by atoms with Crippen molar-refractivity contribution < 1.29 is 13.5 Å². The van der Waals surface area contributed by atoms with Gasteiger partial charge in [0.25, 0.3) is 0 Å². The van der Waals surface area contributed by atoms with Crippen LogP contribution < -0.4 is 4.74 Å². The van der Waals surface area contributed by atoms with Gasteiger partial charge in [-0.1, -0.05) is 18.2 Å². The molecule has 2 aromatic rings. The Morgan fingerprint density at radius 2 is 1.76 bits per heavy atom. The molecular weight excluding hydrogens is 222 g/mol. The highest BCUT2D eigenvalue weighted by atomic mass is 19.1. The molecule has 3 heteroatoms. The van der Waals surface area contributed by atoms with Gasteiger partial charge in [0.15, 0.2) is 11.6 Å². The summed E-state index contributed by atoms with van der Waals surface area (Å²) >= 11 is 0. The van der Waals surface area contributed by atoms with Crippen LogP contribution in [0.1, 0.15) is 11.1 Å². The fourth-order valence-electron chi connectivity index (χ4n) is 2.35. The number of hydrogen-bond acceptors (Lipinski definition) is 1. The second kappa shape index (κ2) is 3.55. The molecule has 1 aliphatic carbocycles. The van der Waals surface area contributed by atoms with Crippen molar-refractivity contribution in [3.05, 3.63) is 53.1 Å². The maximum Gasteiger partial charge on any atom is 0.169 e. The molecule has 2 aromatic carbocycles. The molecule has 0 amide bonds. The van der Waals surface area contributed by atoms with E-state index in [2.05, 4.69) is 0 Å². The third kappa shape index (κ3) is 1.35. The highest BCUT2D eigenvalue weighted by molar-refractivity contribution is 5.77. The van der Waals surface area contributed by atoms with Crippen molar-refractivity contribution in [1.29, 1.82) is 0 Å². The van der Waals surface area contributed by atoms with Gasteiger partial charge < -0.3 is 4.74 Å². The van der Waals surface area contributed by atoms with Gasteiger partial charge >= 0.3 is 0 Å². The molecule has 0 saturated carbocycles. The molecular formula is C14H10F2O. The first-order valence-corrected chi connectivity index (χ1v) is 5.35. The maximum absolute atomic E-state index is 14.0. The van der Waals surface area contributed by atoms with Crippen LogP contribution in [-0.4, -0.2) is 7.11 Å². The molecule has 0 N–H and O–H groups in total. The fraction of sp³-hybridized carbons (Fsp3) is 0.143. The van der Waals surface area contributed by atoms with Gasteiger partial charge in [-0.05, 0) is 23.3 Å². The summed E-state index contributed by atoms with van der Waals surface area (Å²) in [6.07, 6.45) is 0.292. The largest absolute Gasteiger partial charge is 0.494 e. The van der Waals surface area contributed by atoms with Crippen molar-refractivity contribution in [2.75, 3.05) is 7.11 Å². The summed E-state index contributed by atoms with van der Waals surface area (Å²) in [6.45, 7) is 0. The molecule has 1 aliphatic rings. The molecule has 17 heavy (non-hydrogen) atoms. The molecule has 0 aliphatic heterocycles. The van der Waals surface area contributed by atoms with Gasteiger partial charge in [0.2, 0.25) is 0 Å². The smallest absolute Gasteiger partial charge is 0.169 e. The van der Waals surface area contributed by atoms with E-state index in [9.17, 15) is 8.78 Å². The molecule has 0 radical (unpaired) electrons. The van der Waals surface area contributed by atoms with Crippen LogP contribution in [0.5, 0.6) is 5.75 Å². The summed E-state index contributed by atoms with van der Waals surface area (Å²) < 4.78 is 32.6. The van der Waals surface area contributed by atoms with Gasteiger partial charge in [0.1, 0.15) is 5.82 Å². The molecule has 0 atom stereocenters. The second-order valence-corrected chi connectivity index (χ2v) is 4.05. The SMILES string of the molecule is COc1ccc2c(c1F)Cc1c(F)cccc1-2. The Kier molecular flexibility index (Phi) is 2.15. The Morgan fingerprint density at radius 1 is 1.00 bits per heavy atom. The predicted molar refractivity (Wildman–Crippen MR) is 61.2 cm³/mol. The Balaban J connectivity index is 2.26. The average Bonchev–Trinajstić information content (AvgIpc) is 2.71. The molecule has 0 spiro atoms. The van der Waals surface area contributed by atoms with Gasteiger partial charge in [-0.25, -0.2) is 8.78 Å². The van der Waals surface area contributed by atoms with Crippen LogP contribution >= 0.6 is 0 Å². The quantitative estimate of drug-likeness (QED) is 0.623. The Hall–Kier alpha value is -1.90. The Morgan fingerprint density at radius 3 is 2.53 bits per heavy atom. The number of halogens is 2. The fourth-order valence-corrected chi connectivity index (χ4v) is 2.35. The summed E-state index contributed by atoms with van der Waals surface area (Å²) in [7, 11) is 1.42. The van der Waals surface area contributed by atoms with Gasteiger partial charge in [0.05, 0.1) is 7.11 Å². The lowest BCUT2D eigenvalue weighted by atomic mass is 10.1. The van der Waals surface area contributed by atoms with Gasteiger partial charge in [-0.2, -0.15) is 0 Å². The number of methoxy groups -OCH3 is 1. The van der Waals surface area contributed by atoms with E-state index in [1.54, 1.807) is 18.2 Å². The molecule has 86 valence electrons. The van der Waals surface area contributed by atoms with E-state index >= 15 is 0 Å². The van der Waals surface area contributed by atoms with Gasteiger partial charge in [-0.3, -0.25) is 0 Å². The molecule has 0 heterocycles. The number of hydrogen-bond donors (Lipinski definition) is 0. The highest BCUT2D eigenvalue weighted by Crippen LogP contribution is 2.41. The number of fused-ring (bicyclic) bond motifs is 3. The third-order valence-electron chi connectivity index (χ3n) is 3.19. The van der Waals surface area contributed by atoms with E-state index in [4.69, 9.17) is 4.74 Å². The first kappa shape index (κ1) is 10.3. The van der Waals surface area contributed by atoms with Crippen LogP contribution in [0.25, 0.3) is 11.1 Å². The number of benzene rings is 2. The Labute approximate surface area is 97.7 Å². The zero-order valence-electron chi connectivity index (χ0n) is 9.26. The summed E-state index contributed by atoms with van der Waals surface area (Å²) in [5.41, 5.74) is 2.62. The maximum atomic E-state index is 14.0. The average molecular weight is 232 g/mol. The zero-order chi connectivity index (χ0) is 12.0. The second-order valence-electron chi connectivity index (χ2n) is 4.05. The monoisotopic (exact) mass is 232 g/mol. The lowest BCUT2D eigenvalue weighted by Gasteiger charge is -2.06. The lowest BCUT2D eigenvalue weighted by Crippen LogP contribution is -1.93. The molecule has 0 unspecified atom stereocenters. The van der Waals surface area contributed by atoms with Crippen LogP contribution in [-0.2, 0) is 6.42 Å². The van der Waals surface area contributed by atoms with Crippen molar-refractivity contribution in [1.82, 2.24) is 0 Å². The standard InChI is InChI=1S/C14H10F2O/c1-17-13-6-5-9-8-3-2-4-12(15)10(8)7-11(9)14(13)16/h2-6H,7H2,1H3. The van der Waals surface area contributed by atoms with Crippen molar-refractivity contribution in [3.8, 4) is 16.9 Å². The van der Waals surface area contributed by atoms with Crippen molar-refractivity contribution >= 4 is 0 Å². The predicted octanol–water partition coefficient (Wildman–Crippen LogP) is 3.54. The van der Waals surface area contributed by atoms with Crippen molar-refractivity contribution in [3.63, 3.8) is 0 Å². The first-order chi connectivity index (χ1) is 8.22. The summed E-state index contributed by atoms with van der Waals surface area (Å²) in [6, 6.07) is 8.22. The highest BCUT2D eigenvalue weighted by Gasteiger charge is 2.25. The minimum Gasteiger partial charge on any atom is -0.494 e. The van der Waals surface area contributed by atoms with Gasteiger partial charge in [-0.15, -0.1) is 0 Å². The number of rotatable bonds is 1. The normalized spacial score (nSPS) is 12.2. The van der Waals surface area contributed by atoms with Crippen LogP contribution in [0.3, 0.4) is 0 Å². The van der Waals surface area contributed by atoms with Gasteiger partial charge in [0, 0.05) is 17.5 Å². The summed E-state index contributed by atoms with van der Waals surface area (Å²) in [4.78, 5) is 0. The molecule has 1 nitrogen and oxygen atoms in total. The van der Waals surface area contributed by atoms with Crippen molar-refractivity contribution in [2.45, 2.75) is 6.42 Å². The minimum absolute atomic E-state index is 0.206. The minimum atomic E-state index is -0.388.